The first kappa shape index (κ1) is 28.5. The van der Waals surface area contributed by atoms with Crippen molar-refractivity contribution in [1.29, 1.82) is 0 Å². The van der Waals surface area contributed by atoms with E-state index in [1.807, 2.05) is 6.07 Å². The molecule has 53 heavy (non-hydrogen) atoms. The Labute approximate surface area is 302 Å². The lowest BCUT2D eigenvalue weighted by atomic mass is 10.0. The summed E-state index contributed by atoms with van der Waals surface area (Å²) in [5.74, 6) is 0.636. The van der Waals surface area contributed by atoms with Crippen LogP contribution in [0.15, 0.2) is 174 Å². The topological polar surface area (TPSA) is 48.8 Å². The SMILES string of the molecule is c1ccc2c(c1)ccc1oc3ccc(-c4nc(-n5c6ccccc6c6cc(-n7c8ccccc8c8ccccc87)ccc65)nc5ccccc45)cc3c12. The number of nitrogens with zero attached hydrogens (tertiary/aromatic N) is 4. The normalized spacial score (nSPS) is 12.2. The third-order valence-corrected chi connectivity index (χ3v) is 10.9. The minimum absolute atomic E-state index is 0.636. The van der Waals surface area contributed by atoms with Crippen LogP contribution in [0.5, 0.6) is 0 Å². The van der Waals surface area contributed by atoms with Gasteiger partial charge in [-0.1, -0.05) is 103 Å². The highest BCUT2D eigenvalue weighted by atomic mass is 16.3. The maximum absolute atomic E-state index is 6.36. The highest BCUT2D eigenvalue weighted by Crippen LogP contribution is 2.40. The lowest BCUT2D eigenvalue weighted by Gasteiger charge is -2.12. The third-order valence-electron chi connectivity index (χ3n) is 10.9. The summed E-state index contributed by atoms with van der Waals surface area (Å²) in [5.41, 5.74) is 10.1. The van der Waals surface area contributed by atoms with E-state index in [9.17, 15) is 0 Å². The monoisotopic (exact) mass is 676 g/mol. The molecular formula is C48H28N4O. The molecule has 5 heteroatoms. The second-order valence-electron chi connectivity index (χ2n) is 13.8. The van der Waals surface area contributed by atoms with E-state index in [1.165, 1.54) is 32.6 Å². The first-order valence-electron chi connectivity index (χ1n) is 17.9. The summed E-state index contributed by atoms with van der Waals surface area (Å²) in [6, 6.07) is 60.1. The van der Waals surface area contributed by atoms with Crippen LogP contribution in [-0.2, 0) is 0 Å². The Morgan fingerprint density at radius 1 is 0.396 bits per heavy atom. The van der Waals surface area contributed by atoms with Crippen molar-refractivity contribution >= 4 is 87.2 Å². The number of furan rings is 1. The van der Waals surface area contributed by atoms with Gasteiger partial charge in [0.05, 0.1) is 33.3 Å². The average molecular weight is 677 g/mol. The Balaban J connectivity index is 1.11. The van der Waals surface area contributed by atoms with Crippen molar-refractivity contribution in [2.45, 2.75) is 0 Å². The van der Waals surface area contributed by atoms with Crippen molar-refractivity contribution in [3.05, 3.63) is 170 Å². The predicted octanol–water partition coefficient (Wildman–Crippen LogP) is 12.5. The predicted molar refractivity (Wildman–Crippen MR) is 218 cm³/mol. The number of para-hydroxylation sites is 4. The molecule has 5 nitrogen and oxygen atoms in total. The van der Waals surface area contributed by atoms with Crippen LogP contribution in [0.25, 0.3) is 110 Å². The number of hydrogen-bond donors (Lipinski definition) is 0. The van der Waals surface area contributed by atoms with Gasteiger partial charge in [0.2, 0.25) is 5.95 Å². The Kier molecular flexibility index (Phi) is 5.71. The molecule has 0 radical (unpaired) electrons. The summed E-state index contributed by atoms with van der Waals surface area (Å²) in [4.78, 5) is 10.6. The Hall–Kier alpha value is -7.24. The van der Waals surface area contributed by atoms with Crippen LogP contribution in [0.1, 0.15) is 0 Å². The molecular weight excluding hydrogens is 649 g/mol. The first-order valence-corrected chi connectivity index (χ1v) is 17.9. The van der Waals surface area contributed by atoms with E-state index in [0.29, 0.717) is 5.95 Å². The minimum Gasteiger partial charge on any atom is -0.456 e. The highest BCUT2D eigenvalue weighted by Gasteiger charge is 2.20. The van der Waals surface area contributed by atoms with Gasteiger partial charge in [0.1, 0.15) is 11.2 Å². The maximum Gasteiger partial charge on any atom is 0.235 e. The molecule has 0 saturated heterocycles. The molecule has 12 aromatic rings. The van der Waals surface area contributed by atoms with Gasteiger partial charge in [-0.05, 0) is 77.5 Å². The summed E-state index contributed by atoms with van der Waals surface area (Å²) in [7, 11) is 0. The van der Waals surface area contributed by atoms with E-state index in [-0.39, 0.29) is 0 Å². The van der Waals surface area contributed by atoms with E-state index in [2.05, 4.69) is 173 Å². The molecule has 8 aromatic carbocycles. The quantitative estimate of drug-likeness (QED) is 0.187. The fraction of sp³-hybridized carbons (Fsp3) is 0. The van der Waals surface area contributed by atoms with Gasteiger partial charge in [-0.25, -0.2) is 9.97 Å². The zero-order valence-corrected chi connectivity index (χ0v) is 28.4. The molecule has 0 N–H and O–H groups in total. The van der Waals surface area contributed by atoms with Gasteiger partial charge in [-0.2, -0.15) is 0 Å². The van der Waals surface area contributed by atoms with Gasteiger partial charge < -0.3 is 8.98 Å². The van der Waals surface area contributed by atoms with Crippen LogP contribution in [-0.4, -0.2) is 19.1 Å². The Morgan fingerprint density at radius 3 is 1.77 bits per heavy atom. The molecule has 0 fully saturated rings. The molecule has 0 amide bonds. The standard InChI is InChI=1S/C48H28N4O/c1-2-12-32-29(11-1)21-26-45-46(32)38-27-30(22-25-44(38)53-45)47-36-16-3-7-17-39(36)49-48(50-47)52-42-20-10-6-15-35(42)37-28-31(23-24-43(37)52)51-40-18-8-4-13-33(40)34-14-5-9-19-41(34)51/h1-28H. The second-order valence-corrected chi connectivity index (χ2v) is 13.8. The van der Waals surface area contributed by atoms with Gasteiger partial charge in [0, 0.05) is 49.0 Å². The molecule has 0 aliphatic carbocycles. The number of hydrogen-bond acceptors (Lipinski definition) is 3. The van der Waals surface area contributed by atoms with Crippen molar-refractivity contribution < 1.29 is 4.42 Å². The zero-order chi connectivity index (χ0) is 34.6. The summed E-state index contributed by atoms with van der Waals surface area (Å²) in [6.45, 7) is 0. The summed E-state index contributed by atoms with van der Waals surface area (Å²) in [5, 5.41) is 10.4. The lowest BCUT2D eigenvalue weighted by Crippen LogP contribution is -2.03. The van der Waals surface area contributed by atoms with Gasteiger partial charge >= 0.3 is 0 Å². The molecule has 246 valence electrons. The minimum atomic E-state index is 0.636. The molecule has 0 unspecified atom stereocenters. The molecule has 4 heterocycles. The molecule has 0 saturated carbocycles. The van der Waals surface area contributed by atoms with Crippen LogP contribution in [0.4, 0.5) is 0 Å². The van der Waals surface area contributed by atoms with Crippen LogP contribution in [0, 0.1) is 0 Å². The van der Waals surface area contributed by atoms with Crippen molar-refractivity contribution in [1.82, 2.24) is 19.1 Å². The van der Waals surface area contributed by atoms with Crippen molar-refractivity contribution in [2.75, 3.05) is 0 Å². The Bertz CT molecular complexity index is 3420. The van der Waals surface area contributed by atoms with Gasteiger partial charge in [-0.15, -0.1) is 0 Å². The average Bonchev–Trinajstić information content (AvgIpc) is 3.88. The van der Waals surface area contributed by atoms with Crippen LogP contribution in [0.2, 0.25) is 0 Å². The third kappa shape index (κ3) is 4.02. The largest absolute Gasteiger partial charge is 0.456 e. The maximum atomic E-state index is 6.36. The smallest absolute Gasteiger partial charge is 0.235 e. The number of aromatic nitrogens is 4. The Morgan fingerprint density at radius 2 is 1.00 bits per heavy atom. The van der Waals surface area contributed by atoms with Crippen molar-refractivity contribution in [3.8, 4) is 22.9 Å². The molecule has 12 rings (SSSR count). The van der Waals surface area contributed by atoms with E-state index in [1.54, 1.807) is 0 Å². The van der Waals surface area contributed by atoms with Crippen LogP contribution < -0.4 is 0 Å². The molecule has 0 atom stereocenters. The molecule has 4 aromatic heterocycles. The van der Waals surface area contributed by atoms with Gasteiger partial charge in [0.25, 0.3) is 0 Å². The van der Waals surface area contributed by atoms with Crippen molar-refractivity contribution in [2.24, 2.45) is 0 Å². The van der Waals surface area contributed by atoms with E-state index in [4.69, 9.17) is 14.4 Å². The van der Waals surface area contributed by atoms with E-state index < -0.39 is 0 Å². The fourth-order valence-corrected chi connectivity index (χ4v) is 8.60. The lowest BCUT2D eigenvalue weighted by molar-refractivity contribution is 0.669. The van der Waals surface area contributed by atoms with E-state index in [0.717, 1.165) is 71.6 Å². The first-order chi connectivity index (χ1) is 26.3. The van der Waals surface area contributed by atoms with Crippen molar-refractivity contribution in [3.63, 3.8) is 0 Å². The molecule has 0 aliphatic rings. The summed E-state index contributed by atoms with van der Waals surface area (Å²) >= 11 is 0. The van der Waals surface area contributed by atoms with E-state index >= 15 is 0 Å². The van der Waals surface area contributed by atoms with Crippen LogP contribution >= 0.6 is 0 Å². The highest BCUT2D eigenvalue weighted by molar-refractivity contribution is 6.19. The van der Waals surface area contributed by atoms with Crippen LogP contribution in [0.3, 0.4) is 0 Å². The van der Waals surface area contributed by atoms with Gasteiger partial charge in [0.15, 0.2) is 0 Å². The molecule has 0 aliphatic heterocycles. The summed E-state index contributed by atoms with van der Waals surface area (Å²) in [6.07, 6.45) is 0. The summed E-state index contributed by atoms with van der Waals surface area (Å²) < 4.78 is 11.0. The number of benzene rings is 8. The molecule has 0 bridgehead atoms. The fourth-order valence-electron chi connectivity index (χ4n) is 8.60. The van der Waals surface area contributed by atoms with Gasteiger partial charge in [-0.3, -0.25) is 4.57 Å². The number of fused-ring (bicyclic) bond motifs is 12. The zero-order valence-electron chi connectivity index (χ0n) is 28.4. The molecule has 0 spiro atoms. The second kappa shape index (κ2) is 10.6. The number of rotatable bonds is 3.